The maximum absolute atomic E-state index is 11.9. The van der Waals surface area contributed by atoms with Gasteiger partial charge in [-0.05, 0) is 23.0 Å². The van der Waals surface area contributed by atoms with Crippen LogP contribution in [-0.4, -0.2) is 35.7 Å². The van der Waals surface area contributed by atoms with Crippen LogP contribution in [0.3, 0.4) is 0 Å². The van der Waals surface area contributed by atoms with Gasteiger partial charge in [0.2, 0.25) is 10.0 Å². The molecule has 6 nitrogen and oxygen atoms in total. The molecule has 0 aliphatic rings. The van der Waals surface area contributed by atoms with E-state index in [2.05, 4.69) is 26.0 Å². The maximum atomic E-state index is 11.9. The maximum Gasteiger partial charge on any atom is 0.245 e. The number of hydrogen-bond acceptors (Lipinski definition) is 5. The minimum Gasteiger partial charge on any atom is -0.452 e. The van der Waals surface area contributed by atoms with Crippen molar-refractivity contribution in [2.45, 2.75) is 11.4 Å². The smallest absolute Gasteiger partial charge is 0.245 e. The molecule has 8 heteroatoms. The van der Waals surface area contributed by atoms with Crippen LogP contribution < -0.4 is 10.0 Å². The van der Waals surface area contributed by atoms with Crippen LogP contribution in [0.25, 0.3) is 0 Å². The van der Waals surface area contributed by atoms with E-state index in [1.807, 2.05) is 0 Å². The first kappa shape index (κ1) is 14.7. The van der Waals surface area contributed by atoms with Crippen LogP contribution in [0.15, 0.2) is 20.0 Å². The number of methoxy groups -OCH3 is 1. The van der Waals surface area contributed by atoms with Crippen molar-refractivity contribution in [1.82, 2.24) is 10.0 Å². The topological polar surface area (TPSA) is 80.6 Å². The molecule has 1 aromatic heterocycles. The number of furan rings is 1. The van der Waals surface area contributed by atoms with E-state index in [9.17, 15) is 8.42 Å². The minimum atomic E-state index is -3.56. The highest BCUT2D eigenvalue weighted by Gasteiger charge is 2.21. The van der Waals surface area contributed by atoms with Gasteiger partial charge in [0, 0.05) is 19.7 Å². The summed E-state index contributed by atoms with van der Waals surface area (Å²) in [6.45, 7) is 1.00. The first-order valence-electron chi connectivity index (χ1n) is 4.92. The van der Waals surface area contributed by atoms with Crippen LogP contribution >= 0.6 is 15.9 Å². The van der Waals surface area contributed by atoms with E-state index in [1.54, 1.807) is 7.05 Å². The second-order valence-electron chi connectivity index (χ2n) is 3.27. The molecule has 0 aliphatic heterocycles. The molecular weight excluding hydrogens is 312 g/mol. The first-order valence-corrected chi connectivity index (χ1v) is 7.20. The number of rotatable bonds is 7. The molecule has 0 atom stereocenters. The Hall–Kier alpha value is -0.410. The lowest BCUT2D eigenvalue weighted by Gasteiger charge is -2.03. The summed E-state index contributed by atoms with van der Waals surface area (Å²) in [6, 6.07) is 1.48. The van der Waals surface area contributed by atoms with Gasteiger partial charge in [-0.3, -0.25) is 0 Å². The molecule has 98 valence electrons. The van der Waals surface area contributed by atoms with Gasteiger partial charge in [-0.1, -0.05) is 0 Å². The number of sulfonamides is 1. The Balaban J connectivity index is 2.83. The summed E-state index contributed by atoms with van der Waals surface area (Å²) in [5, 5.41) is 2.88. The molecular formula is C9H15BrN2O4S. The zero-order chi connectivity index (χ0) is 12.9. The second kappa shape index (κ2) is 6.50. The highest BCUT2D eigenvalue weighted by Crippen LogP contribution is 2.25. The van der Waals surface area contributed by atoms with Crippen molar-refractivity contribution in [1.29, 1.82) is 0 Å². The Morgan fingerprint density at radius 2 is 2.24 bits per heavy atom. The third-order valence-electron chi connectivity index (χ3n) is 1.95. The molecule has 0 aromatic carbocycles. The largest absolute Gasteiger partial charge is 0.452 e. The molecule has 0 unspecified atom stereocenters. The zero-order valence-electron chi connectivity index (χ0n) is 9.62. The van der Waals surface area contributed by atoms with Crippen LogP contribution in [0.1, 0.15) is 5.76 Å². The lowest BCUT2D eigenvalue weighted by atomic mass is 10.4. The molecule has 0 amide bonds. The molecule has 0 saturated heterocycles. The summed E-state index contributed by atoms with van der Waals surface area (Å²) < 4.78 is 36.4. The Bertz CT molecular complexity index is 458. The normalized spacial score (nSPS) is 11.9. The SMILES string of the molecule is CNCc1cc(S(=O)(=O)NCCOC)c(Br)o1. The molecule has 0 radical (unpaired) electrons. The second-order valence-corrected chi connectivity index (χ2v) is 5.73. The van der Waals surface area contributed by atoms with Crippen LogP contribution in [0.5, 0.6) is 0 Å². The van der Waals surface area contributed by atoms with E-state index < -0.39 is 10.0 Å². The number of ether oxygens (including phenoxy) is 1. The summed E-state index contributed by atoms with van der Waals surface area (Å²) in [5.41, 5.74) is 0. The highest BCUT2D eigenvalue weighted by molar-refractivity contribution is 9.10. The summed E-state index contributed by atoms with van der Waals surface area (Å²) in [7, 11) is -0.301. The molecule has 2 N–H and O–H groups in total. The van der Waals surface area contributed by atoms with E-state index in [4.69, 9.17) is 9.15 Å². The van der Waals surface area contributed by atoms with Gasteiger partial charge in [0.1, 0.15) is 10.7 Å². The van der Waals surface area contributed by atoms with Crippen molar-refractivity contribution >= 4 is 26.0 Å². The van der Waals surface area contributed by atoms with E-state index in [1.165, 1.54) is 13.2 Å². The third-order valence-corrected chi connectivity index (χ3v) is 4.26. The van der Waals surface area contributed by atoms with Gasteiger partial charge in [-0.2, -0.15) is 0 Å². The molecule has 17 heavy (non-hydrogen) atoms. The standard InChI is InChI=1S/C9H15BrN2O4S/c1-11-6-7-5-8(9(10)16-7)17(13,14)12-3-4-15-2/h5,11-12H,3-4,6H2,1-2H3. The van der Waals surface area contributed by atoms with Gasteiger partial charge in [0.25, 0.3) is 0 Å². The van der Waals surface area contributed by atoms with Crippen molar-refractivity contribution in [3.8, 4) is 0 Å². The zero-order valence-corrected chi connectivity index (χ0v) is 12.0. The molecule has 1 aromatic rings. The third kappa shape index (κ3) is 4.07. The molecule has 0 saturated carbocycles. The monoisotopic (exact) mass is 326 g/mol. The van der Waals surface area contributed by atoms with Crippen molar-refractivity contribution in [2.75, 3.05) is 27.3 Å². The van der Waals surface area contributed by atoms with Gasteiger partial charge < -0.3 is 14.5 Å². The predicted octanol–water partition coefficient (Wildman–Crippen LogP) is 0.686. The van der Waals surface area contributed by atoms with E-state index in [0.717, 1.165) is 0 Å². The van der Waals surface area contributed by atoms with Crippen molar-refractivity contribution in [3.63, 3.8) is 0 Å². The fourth-order valence-electron chi connectivity index (χ4n) is 1.20. The van der Waals surface area contributed by atoms with Crippen molar-refractivity contribution in [3.05, 3.63) is 16.5 Å². The number of nitrogens with one attached hydrogen (secondary N) is 2. The number of hydrogen-bond donors (Lipinski definition) is 2. The highest BCUT2D eigenvalue weighted by atomic mass is 79.9. The lowest BCUT2D eigenvalue weighted by molar-refractivity contribution is 0.204. The van der Waals surface area contributed by atoms with E-state index in [-0.39, 0.29) is 16.1 Å². The van der Waals surface area contributed by atoms with Gasteiger partial charge in [-0.25, -0.2) is 13.1 Å². The molecule has 1 heterocycles. The van der Waals surface area contributed by atoms with E-state index >= 15 is 0 Å². The van der Waals surface area contributed by atoms with Crippen molar-refractivity contribution < 1.29 is 17.6 Å². The Morgan fingerprint density at radius 1 is 1.53 bits per heavy atom. The van der Waals surface area contributed by atoms with Gasteiger partial charge in [0.05, 0.1) is 13.2 Å². The molecule has 0 spiro atoms. The Labute approximate surface area is 109 Å². The molecule has 1 rings (SSSR count). The fourth-order valence-corrected chi connectivity index (χ4v) is 3.21. The van der Waals surface area contributed by atoms with Crippen LogP contribution in [0.2, 0.25) is 0 Å². The summed E-state index contributed by atoms with van der Waals surface area (Å²) >= 11 is 3.09. The van der Waals surface area contributed by atoms with Gasteiger partial charge in [-0.15, -0.1) is 0 Å². The summed E-state index contributed by atoms with van der Waals surface area (Å²) in [5.74, 6) is 0.548. The minimum absolute atomic E-state index is 0.0962. The van der Waals surface area contributed by atoms with Gasteiger partial charge in [0.15, 0.2) is 4.67 Å². The molecule has 0 fully saturated rings. The average molecular weight is 327 g/mol. The first-order chi connectivity index (χ1) is 8.01. The lowest BCUT2D eigenvalue weighted by Crippen LogP contribution is -2.27. The molecule has 0 aliphatic carbocycles. The fraction of sp³-hybridized carbons (Fsp3) is 0.556. The van der Waals surface area contributed by atoms with E-state index in [0.29, 0.717) is 18.9 Å². The Kier molecular flexibility index (Phi) is 5.60. The summed E-state index contributed by atoms with van der Waals surface area (Å²) in [6.07, 6.45) is 0. The average Bonchev–Trinajstić information content (AvgIpc) is 2.61. The predicted molar refractivity (Wildman–Crippen MR) is 66.2 cm³/mol. The number of halogens is 1. The van der Waals surface area contributed by atoms with Gasteiger partial charge >= 0.3 is 0 Å². The quantitative estimate of drug-likeness (QED) is 0.720. The summed E-state index contributed by atoms with van der Waals surface area (Å²) in [4.78, 5) is 0.0962. The molecule has 0 bridgehead atoms. The van der Waals surface area contributed by atoms with Crippen LogP contribution in [0.4, 0.5) is 0 Å². The van der Waals surface area contributed by atoms with Crippen LogP contribution in [-0.2, 0) is 21.3 Å². The van der Waals surface area contributed by atoms with Crippen molar-refractivity contribution in [2.24, 2.45) is 0 Å². The van der Waals surface area contributed by atoms with Crippen LogP contribution in [0, 0.1) is 0 Å². The Morgan fingerprint density at radius 3 is 2.82 bits per heavy atom.